The van der Waals surface area contributed by atoms with E-state index in [4.69, 9.17) is 16.3 Å². The summed E-state index contributed by atoms with van der Waals surface area (Å²) >= 11 is 5.85. The predicted molar refractivity (Wildman–Crippen MR) is 70.9 cm³/mol. The first-order chi connectivity index (χ1) is 8.54. The van der Waals surface area contributed by atoms with Gasteiger partial charge in [0.1, 0.15) is 0 Å². The molecule has 0 aromatic carbocycles. The molecule has 0 aromatic rings. The summed E-state index contributed by atoms with van der Waals surface area (Å²) in [5.41, 5.74) is 0. The van der Waals surface area contributed by atoms with Crippen molar-refractivity contribution in [3.05, 3.63) is 0 Å². The van der Waals surface area contributed by atoms with Crippen molar-refractivity contribution in [3.8, 4) is 0 Å². The van der Waals surface area contributed by atoms with Crippen LogP contribution in [0.3, 0.4) is 0 Å². The Labute approximate surface area is 114 Å². The maximum atomic E-state index is 12.5. The van der Waals surface area contributed by atoms with Crippen LogP contribution in [-0.4, -0.2) is 61.8 Å². The highest BCUT2D eigenvalue weighted by Gasteiger charge is 2.35. The molecule has 0 spiro atoms. The second-order valence-electron chi connectivity index (χ2n) is 5.07. The number of rotatable bonds is 3. The largest absolute Gasteiger partial charge is 0.376 e. The summed E-state index contributed by atoms with van der Waals surface area (Å²) < 4.78 is 33.5. The SMILES string of the molecule is CC1CN(S(=O)(=O)N2CCCC(CCl)C2)CCO1. The lowest BCUT2D eigenvalue weighted by molar-refractivity contribution is 0.00784. The van der Waals surface area contributed by atoms with E-state index >= 15 is 0 Å². The van der Waals surface area contributed by atoms with Crippen LogP contribution in [0.25, 0.3) is 0 Å². The predicted octanol–water partition coefficient (Wildman–Crippen LogP) is 0.903. The summed E-state index contributed by atoms with van der Waals surface area (Å²) in [6.07, 6.45) is 1.90. The first-order valence-corrected chi connectivity index (χ1v) is 8.40. The smallest absolute Gasteiger partial charge is 0.282 e. The van der Waals surface area contributed by atoms with Crippen LogP contribution >= 0.6 is 11.6 Å². The van der Waals surface area contributed by atoms with Crippen molar-refractivity contribution in [2.24, 2.45) is 5.92 Å². The maximum absolute atomic E-state index is 12.5. The van der Waals surface area contributed by atoms with Crippen molar-refractivity contribution < 1.29 is 13.2 Å². The molecule has 7 heteroatoms. The number of nitrogens with zero attached hydrogens (tertiary/aromatic N) is 2. The van der Waals surface area contributed by atoms with Crippen molar-refractivity contribution in [3.63, 3.8) is 0 Å². The maximum Gasteiger partial charge on any atom is 0.282 e. The van der Waals surface area contributed by atoms with E-state index < -0.39 is 10.2 Å². The third-order valence-corrected chi connectivity index (χ3v) is 5.96. The normalized spacial score (nSPS) is 32.6. The minimum atomic E-state index is -3.33. The van der Waals surface area contributed by atoms with Crippen molar-refractivity contribution in [1.29, 1.82) is 0 Å². The molecule has 0 aromatic heterocycles. The molecule has 2 atom stereocenters. The Morgan fingerprint density at radius 1 is 1.28 bits per heavy atom. The Morgan fingerprint density at radius 3 is 2.67 bits per heavy atom. The van der Waals surface area contributed by atoms with Crippen LogP contribution in [-0.2, 0) is 14.9 Å². The van der Waals surface area contributed by atoms with Gasteiger partial charge in [0.05, 0.1) is 12.7 Å². The number of morpholine rings is 1. The Balaban J connectivity index is 2.05. The van der Waals surface area contributed by atoms with Crippen molar-refractivity contribution in [2.75, 3.05) is 38.7 Å². The number of hydrogen-bond donors (Lipinski definition) is 0. The molecule has 5 nitrogen and oxygen atoms in total. The van der Waals surface area contributed by atoms with Gasteiger partial charge in [-0.3, -0.25) is 0 Å². The highest BCUT2D eigenvalue weighted by molar-refractivity contribution is 7.86. The lowest BCUT2D eigenvalue weighted by atomic mass is 10.0. The summed E-state index contributed by atoms with van der Waals surface area (Å²) in [6, 6.07) is 0. The molecule has 18 heavy (non-hydrogen) atoms. The summed E-state index contributed by atoms with van der Waals surface area (Å²) in [7, 11) is -3.33. The highest BCUT2D eigenvalue weighted by Crippen LogP contribution is 2.23. The van der Waals surface area contributed by atoms with Crippen LogP contribution in [0.2, 0.25) is 0 Å². The molecule has 0 radical (unpaired) electrons. The Kier molecular flexibility index (Phi) is 4.88. The van der Waals surface area contributed by atoms with E-state index in [9.17, 15) is 8.42 Å². The molecule has 2 heterocycles. The van der Waals surface area contributed by atoms with Gasteiger partial charge >= 0.3 is 0 Å². The molecule has 0 N–H and O–H groups in total. The monoisotopic (exact) mass is 296 g/mol. The molecule has 2 aliphatic heterocycles. The molecule has 0 bridgehead atoms. The molecular formula is C11H21ClN2O3S. The lowest BCUT2D eigenvalue weighted by Crippen LogP contribution is -2.53. The zero-order valence-electron chi connectivity index (χ0n) is 10.7. The van der Waals surface area contributed by atoms with E-state index in [-0.39, 0.29) is 12.0 Å². The van der Waals surface area contributed by atoms with E-state index in [0.717, 1.165) is 12.8 Å². The number of ether oxygens (including phenoxy) is 1. The van der Waals surface area contributed by atoms with Gasteiger partial charge in [-0.1, -0.05) is 0 Å². The molecule has 2 fully saturated rings. The molecule has 2 unspecified atom stereocenters. The van der Waals surface area contributed by atoms with Crippen LogP contribution in [0.1, 0.15) is 19.8 Å². The quantitative estimate of drug-likeness (QED) is 0.727. The van der Waals surface area contributed by atoms with Crippen molar-refractivity contribution >= 4 is 21.8 Å². The third-order valence-electron chi connectivity index (χ3n) is 3.56. The van der Waals surface area contributed by atoms with Crippen LogP contribution in [0.5, 0.6) is 0 Å². The molecule has 0 saturated carbocycles. The van der Waals surface area contributed by atoms with E-state index in [1.165, 1.54) is 4.31 Å². The molecule has 2 saturated heterocycles. The van der Waals surface area contributed by atoms with Gasteiger partial charge in [-0.25, -0.2) is 0 Å². The van der Waals surface area contributed by atoms with Gasteiger partial charge in [-0.05, 0) is 25.7 Å². The zero-order valence-corrected chi connectivity index (χ0v) is 12.3. The summed E-state index contributed by atoms with van der Waals surface area (Å²) in [6.45, 7) is 4.45. The Hall–Kier alpha value is 0.120. The van der Waals surface area contributed by atoms with E-state index in [0.29, 0.717) is 38.7 Å². The van der Waals surface area contributed by atoms with E-state index in [1.54, 1.807) is 4.31 Å². The lowest BCUT2D eigenvalue weighted by Gasteiger charge is -2.37. The minimum Gasteiger partial charge on any atom is -0.376 e. The fourth-order valence-electron chi connectivity index (χ4n) is 2.52. The van der Waals surface area contributed by atoms with Gasteiger partial charge in [0.2, 0.25) is 0 Å². The zero-order chi connectivity index (χ0) is 13.2. The van der Waals surface area contributed by atoms with Crippen LogP contribution < -0.4 is 0 Å². The number of piperidine rings is 1. The average molecular weight is 297 g/mol. The second-order valence-corrected chi connectivity index (χ2v) is 7.30. The van der Waals surface area contributed by atoms with Gasteiger partial charge in [-0.2, -0.15) is 17.0 Å². The molecule has 0 amide bonds. The first-order valence-electron chi connectivity index (χ1n) is 6.47. The fraction of sp³-hybridized carbons (Fsp3) is 1.00. The number of halogens is 1. The van der Waals surface area contributed by atoms with Crippen LogP contribution in [0, 0.1) is 5.92 Å². The molecular weight excluding hydrogens is 276 g/mol. The average Bonchev–Trinajstić information content (AvgIpc) is 2.39. The first kappa shape index (κ1) is 14.5. The summed E-state index contributed by atoms with van der Waals surface area (Å²) in [5.74, 6) is 0.819. The van der Waals surface area contributed by atoms with Crippen molar-refractivity contribution in [2.45, 2.75) is 25.9 Å². The van der Waals surface area contributed by atoms with Gasteiger partial charge < -0.3 is 4.74 Å². The molecule has 0 aliphatic carbocycles. The van der Waals surface area contributed by atoms with Crippen LogP contribution in [0.4, 0.5) is 0 Å². The molecule has 2 aliphatic rings. The summed E-state index contributed by atoms with van der Waals surface area (Å²) in [4.78, 5) is 0. The molecule has 106 valence electrons. The van der Waals surface area contributed by atoms with Gasteiger partial charge in [0.15, 0.2) is 0 Å². The number of alkyl halides is 1. The summed E-state index contributed by atoms with van der Waals surface area (Å²) in [5, 5.41) is 0. The second kappa shape index (κ2) is 6.05. The van der Waals surface area contributed by atoms with E-state index in [1.807, 2.05) is 6.92 Å². The third kappa shape index (κ3) is 3.17. The van der Waals surface area contributed by atoms with Crippen molar-refractivity contribution in [1.82, 2.24) is 8.61 Å². The van der Waals surface area contributed by atoms with Gasteiger partial charge in [-0.15, -0.1) is 11.6 Å². The van der Waals surface area contributed by atoms with E-state index in [2.05, 4.69) is 0 Å². The highest BCUT2D eigenvalue weighted by atomic mass is 35.5. The molecule has 2 rings (SSSR count). The Morgan fingerprint density at radius 2 is 2.00 bits per heavy atom. The standard InChI is InChI=1S/C11H21ClN2O3S/c1-10-8-14(5-6-17-10)18(15,16)13-4-2-3-11(7-12)9-13/h10-11H,2-9H2,1H3. The minimum absolute atomic E-state index is 0.0258. The van der Waals surface area contributed by atoms with Crippen LogP contribution in [0.15, 0.2) is 0 Å². The van der Waals surface area contributed by atoms with Gasteiger partial charge in [0.25, 0.3) is 10.2 Å². The topological polar surface area (TPSA) is 49.9 Å². The van der Waals surface area contributed by atoms with Gasteiger partial charge in [0, 0.05) is 32.1 Å². The Bertz CT molecular complexity index is 376. The number of hydrogen-bond acceptors (Lipinski definition) is 3. The fourth-order valence-corrected chi connectivity index (χ4v) is 4.56.